The summed E-state index contributed by atoms with van der Waals surface area (Å²) in [5, 5.41) is 1.31. The van der Waals surface area contributed by atoms with Crippen molar-refractivity contribution in [1.29, 1.82) is 0 Å². The third kappa shape index (κ3) is 2.76. The molecule has 0 aliphatic heterocycles. The van der Waals surface area contributed by atoms with Crippen molar-refractivity contribution in [1.82, 2.24) is 4.98 Å². The Labute approximate surface area is 116 Å². The molecule has 0 aliphatic carbocycles. The van der Waals surface area contributed by atoms with Crippen LogP contribution in [0.2, 0.25) is 10.0 Å². The van der Waals surface area contributed by atoms with E-state index in [0.717, 1.165) is 22.5 Å². The molecule has 1 aromatic carbocycles. The zero-order valence-corrected chi connectivity index (χ0v) is 11.7. The van der Waals surface area contributed by atoms with Crippen molar-refractivity contribution in [3.63, 3.8) is 0 Å². The summed E-state index contributed by atoms with van der Waals surface area (Å²) in [6, 6.07) is 9.33. The molecule has 0 saturated carbocycles. The number of thiol groups is 1. The normalized spacial score (nSPS) is 10.6. The van der Waals surface area contributed by atoms with E-state index < -0.39 is 0 Å². The van der Waals surface area contributed by atoms with E-state index in [1.807, 2.05) is 25.1 Å². The van der Waals surface area contributed by atoms with E-state index in [-0.39, 0.29) is 0 Å². The van der Waals surface area contributed by atoms with Crippen molar-refractivity contribution in [3.8, 4) is 11.3 Å². The molecular formula is C13H11Cl2NS. The van der Waals surface area contributed by atoms with Crippen molar-refractivity contribution in [2.75, 3.05) is 0 Å². The molecule has 0 bridgehead atoms. The van der Waals surface area contributed by atoms with Crippen molar-refractivity contribution < 1.29 is 0 Å². The summed E-state index contributed by atoms with van der Waals surface area (Å²) in [6.07, 6.45) is 0. The number of rotatable bonds is 2. The van der Waals surface area contributed by atoms with Crippen LogP contribution in [0, 0.1) is 6.92 Å². The number of pyridine rings is 1. The standard InChI is InChI=1S/C13H11Cl2NS/c1-8-9(7-17)2-5-13(16-8)11-6-10(14)3-4-12(11)15/h2-6,17H,7H2,1H3. The Balaban J connectivity index is 2.53. The molecule has 17 heavy (non-hydrogen) atoms. The maximum Gasteiger partial charge on any atom is 0.0720 e. The lowest BCUT2D eigenvalue weighted by atomic mass is 10.1. The van der Waals surface area contributed by atoms with Gasteiger partial charge in [0.1, 0.15) is 0 Å². The largest absolute Gasteiger partial charge is 0.253 e. The van der Waals surface area contributed by atoms with Crippen LogP contribution in [0.3, 0.4) is 0 Å². The Morgan fingerprint density at radius 3 is 2.59 bits per heavy atom. The van der Waals surface area contributed by atoms with Crippen LogP contribution in [-0.2, 0) is 5.75 Å². The van der Waals surface area contributed by atoms with Gasteiger partial charge in [-0.25, -0.2) is 0 Å². The summed E-state index contributed by atoms with van der Waals surface area (Å²) in [4.78, 5) is 4.52. The van der Waals surface area contributed by atoms with Crippen LogP contribution < -0.4 is 0 Å². The molecule has 88 valence electrons. The summed E-state index contributed by atoms with van der Waals surface area (Å²) in [5.41, 5.74) is 3.78. The first kappa shape index (κ1) is 12.7. The smallest absolute Gasteiger partial charge is 0.0720 e. The molecule has 0 radical (unpaired) electrons. The maximum absolute atomic E-state index is 6.14. The fraction of sp³-hybridized carbons (Fsp3) is 0.154. The highest BCUT2D eigenvalue weighted by Crippen LogP contribution is 2.29. The fourth-order valence-corrected chi connectivity index (χ4v) is 2.32. The second kappa shape index (κ2) is 5.30. The number of halogens is 2. The topological polar surface area (TPSA) is 12.9 Å². The molecule has 0 N–H and O–H groups in total. The van der Waals surface area contributed by atoms with Crippen LogP contribution in [0.15, 0.2) is 30.3 Å². The van der Waals surface area contributed by atoms with Gasteiger partial charge in [0, 0.05) is 22.0 Å². The van der Waals surface area contributed by atoms with E-state index in [0.29, 0.717) is 15.8 Å². The number of benzene rings is 1. The van der Waals surface area contributed by atoms with Gasteiger partial charge in [-0.15, -0.1) is 0 Å². The van der Waals surface area contributed by atoms with E-state index in [2.05, 4.69) is 17.6 Å². The van der Waals surface area contributed by atoms with Gasteiger partial charge < -0.3 is 0 Å². The lowest BCUT2D eigenvalue weighted by Crippen LogP contribution is -1.93. The summed E-state index contributed by atoms with van der Waals surface area (Å²) in [6.45, 7) is 1.97. The third-order valence-electron chi connectivity index (χ3n) is 2.57. The number of hydrogen-bond donors (Lipinski definition) is 1. The van der Waals surface area contributed by atoms with Gasteiger partial charge in [-0.3, -0.25) is 4.98 Å². The molecule has 0 fully saturated rings. The second-order valence-corrected chi connectivity index (χ2v) is 4.88. The molecule has 0 amide bonds. The van der Waals surface area contributed by atoms with Gasteiger partial charge in [0.05, 0.1) is 10.7 Å². The SMILES string of the molecule is Cc1nc(-c2cc(Cl)ccc2Cl)ccc1CS. The van der Waals surface area contributed by atoms with Crippen LogP contribution >= 0.6 is 35.8 Å². The van der Waals surface area contributed by atoms with Gasteiger partial charge in [-0.05, 0) is 36.8 Å². The molecule has 0 saturated heterocycles. The van der Waals surface area contributed by atoms with E-state index in [1.54, 1.807) is 12.1 Å². The average molecular weight is 284 g/mol. The first-order chi connectivity index (χ1) is 8.11. The van der Waals surface area contributed by atoms with Gasteiger partial charge in [0.2, 0.25) is 0 Å². The fourth-order valence-electron chi connectivity index (χ4n) is 1.60. The number of aromatic nitrogens is 1. The average Bonchev–Trinajstić information content (AvgIpc) is 2.32. The molecular weight excluding hydrogens is 273 g/mol. The summed E-state index contributed by atoms with van der Waals surface area (Å²) in [5.74, 6) is 0.683. The highest BCUT2D eigenvalue weighted by Gasteiger charge is 2.07. The molecule has 0 unspecified atom stereocenters. The Kier molecular flexibility index (Phi) is 3.97. The van der Waals surface area contributed by atoms with Crippen LogP contribution in [0.5, 0.6) is 0 Å². The minimum Gasteiger partial charge on any atom is -0.253 e. The van der Waals surface area contributed by atoms with Crippen molar-refractivity contribution in [3.05, 3.63) is 51.6 Å². The molecule has 0 spiro atoms. The van der Waals surface area contributed by atoms with Crippen molar-refractivity contribution >= 4 is 35.8 Å². The number of hydrogen-bond acceptors (Lipinski definition) is 2. The molecule has 4 heteroatoms. The molecule has 0 aliphatic rings. The number of aryl methyl sites for hydroxylation is 1. The van der Waals surface area contributed by atoms with Gasteiger partial charge in [-0.2, -0.15) is 12.6 Å². The Morgan fingerprint density at radius 1 is 1.18 bits per heavy atom. The monoisotopic (exact) mass is 283 g/mol. The summed E-state index contributed by atoms with van der Waals surface area (Å²) in [7, 11) is 0. The van der Waals surface area contributed by atoms with Gasteiger partial charge in [0.25, 0.3) is 0 Å². The minimum atomic E-state index is 0.653. The molecule has 2 rings (SSSR count). The van der Waals surface area contributed by atoms with E-state index in [9.17, 15) is 0 Å². The third-order valence-corrected chi connectivity index (χ3v) is 3.48. The van der Waals surface area contributed by atoms with Crippen LogP contribution in [0.25, 0.3) is 11.3 Å². The minimum absolute atomic E-state index is 0.653. The predicted molar refractivity (Wildman–Crippen MR) is 77.1 cm³/mol. The number of nitrogens with zero attached hydrogens (tertiary/aromatic N) is 1. The van der Waals surface area contributed by atoms with Crippen molar-refractivity contribution in [2.24, 2.45) is 0 Å². The Hall–Kier alpha value is -0.700. The molecule has 1 nitrogen and oxygen atoms in total. The highest BCUT2D eigenvalue weighted by molar-refractivity contribution is 7.79. The molecule has 0 atom stereocenters. The second-order valence-electron chi connectivity index (χ2n) is 3.72. The van der Waals surface area contributed by atoms with Gasteiger partial charge in [-0.1, -0.05) is 29.3 Å². The van der Waals surface area contributed by atoms with Crippen LogP contribution in [0.4, 0.5) is 0 Å². The molecule has 1 heterocycles. The lowest BCUT2D eigenvalue weighted by molar-refractivity contribution is 1.15. The van der Waals surface area contributed by atoms with E-state index >= 15 is 0 Å². The zero-order valence-electron chi connectivity index (χ0n) is 9.24. The van der Waals surface area contributed by atoms with Crippen LogP contribution in [0.1, 0.15) is 11.3 Å². The van der Waals surface area contributed by atoms with E-state index in [4.69, 9.17) is 23.2 Å². The van der Waals surface area contributed by atoms with Gasteiger partial charge >= 0.3 is 0 Å². The first-order valence-electron chi connectivity index (χ1n) is 5.14. The Morgan fingerprint density at radius 2 is 1.94 bits per heavy atom. The molecule has 2 aromatic rings. The molecule has 1 aromatic heterocycles. The van der Waals surface area contributed by atoms with Crippen LogP contribution in [-0.4, -0.2) is 4.98 Å². The van der Waals surface area contributed by atoms with Gasteiger partial charge in [0.15, 0.2) is 0 Å². The quantitative estimate of drug-likeness (QED) is 0.782. The zero-order chi connectivity index (χ0) is 12.4. The Bertz CT molecular complexity index is 555. The van der Waals surface area contributed by atoms with E-state index in [1.165, 1.54) is 0 Å². The highest BCUT2D eigenvalue weighted by atomic mass is 35.5. The van der Waals surface area contributed by atoms with Crippen molar-refractivity contribution in [2.45, 2.75) is 12.7 Å². The summed E-state index contributed by atoms with van der Waals surface area (Å²) < 4.78 is 0. The maximum atomic E-state index is 6.14. The predicted octanol–water partition coefficient (Wildman–Crippen LogP) is 4.79. The lowest BCUT2D eigenvalue weighted by Gasteiger charge is -2.08. The first-order valence-corrected chi connectivity index (χ1v) is 6.53. The summed E-state index contributed by atoms with van der Waals surface area (Å²) >= 11 is 16.4.